The molecule has 0 heterocycles. The number of hydrogen-bond acceptors (Lipinski definition) is 3. The summed E-state index contributed by atoms with van der Waals surface area (Å²) in [6.07, 6.45) is 0.0739. The first kappa shape index (κ1) is 16.7. The second kappa shape index (κ2) is 6.91. The average Bonchev–Trinajstić information content (AvgIpc) is 2.35. The van der Waals surface area contributed by atoms with E-state index in [4.69, 9.17) is 11.5 Å². The minimum Gasteiger partial charge on any atom is -0.370 e. The predicted octanol–water partition coefficient (Wildman–Crippen LogP) is 0.689. The van der Waals surface area contributed by atoms with Crippen LogP contribution >= 0.6 is 0 Å². The lowest BCUT2D eigenvalue weighted by Gasteiger charge is -2.25. The van der Waals surface area contributed by atoms with Crippen molar-refractivity contribution in [2.24, 2.45) is 11.5 Å². The lowest BCUT2D eigenvalue weighted by Crippen LogP contribution is -2.46. The fraction of sp³-hybridized carbons (Fsp3) is 0.375. The molecule has 0 aromatic heterocycles. The zero-order chi connectivity index (χ0) is 16.0. The highest BCUT2D eigenvalue weighted by molar-refractivity contribution is 5.97. The van der Waals surface area contributed by atoms with Crippen LogP contribution < -0.4 is 16.8 Å². The van der Waals surface area contributed by atoms with Crippen molar-refractivity contribution >= 4 is 11.8 Å². The number of nitrogens with one attached hydrogen (secondary N) is 1. The number of benzene rings is 1. The smallest absolute Gasteiger partial charge is 0.252 e. The third-order valence-corrected chi connectivity index (χ3v) is 2.97. The van der Waals surface area contributed by atoms with E-state index in [0.717, 1.165) is 11.1 Å². The number of rotatable bonds is 4. The second-order valence-corrected chi connectivity index (χ2v) is 5.47. The quantitative estimate of drug-likeness (QED) is 0.710. The first-order valence-corrected chi connectivity index (χ1v) is 6.66. The maximum absolute atomic E-state index is 12.4. The highest BCUT2D eigenvalue weighted by atomic mass is 16.2. The SMILES string of the molecule is Cc1c(C#CCN)cccc1C(=O)NC(C)(C)CC(N)=O. The van der Waals surface area contributed by atoms with Gasteiger partial charge in [0.15, 0.2) is 0 Å². The minimum absolute atomic E-state index is 0.0739. The van der Waals surface area contributed by atoms with Gasteiger partial charge < -0.3 is 16.8 Å². The summed E-state index contributed by atoms with van der Waals surface area (Å²) in [7, 11) is 0. The van der Waals surface area contributed by atoms with Gasteiger partial charge in [-0.3, -0.25) is 9.59 Å². The number of hydrogen-bond donors (Lipinski definition) is 3. The maximum atomic E-state index is 12.4. The standard InChI is InChI=1S/C16H21N3O2/c1-11-12(7-5-9-17)6-4-8-13(11)15(21)19-16(2,3)10-14(18)20/h4,6,8H,9-10,17H2,1-3H3,(H2,18,20)(H,19,21). The van der Waals surface area contributed by atoms with Gasteiger partial charge in [0.2, 0.25) is 5.91 Å². The number of primary amides is 1. The van der Waals surface area contributed by atoms with Gasteiger partial charge in [0.25, 0.3) is 5.91 Å². The number of carbonyl (C=O) groups excluding carboxylic acids is 2. The lowest BCUT2D eigenvalue weighted by molar-refractivity contribution is -0.119. The summed E-state index contributed by atoms with van der Waals surface area (Å²) in [6, 6.07) is 5.32. The first-order valence-electron chi connectivity index (χ1n) is 6.66. The molecule has 1 aromatic rings. The minimum atomic E-state index is -0.700. The van der Waals surface area contributed by atoms with Crippen LogP contribution in [-0.4, -0.2) is 23.9 Å². The largest absolute Gasteiger partial charge is 0.370 e. The lowest BCUT2D eigenvalue weighted by atomic mass is 9.97. The summed E-state index contributed by atoms with van der Waals surface area (Å²) >= 11 is 0. The van der Waals surface area contributed by atoms with Crippen LogP contribution in [0.25, 0.3) is 0 Å². The molecule has 0 aliphatic carbocycles. The van der Waals surface area contributed by atoms with Crippen LogP contribution in [0.3, 0.4) is 0 Å². The van der Waals surface area contributed by atoms with E-state index in [1.54, 1.807) is 26.0 Å². The third kappa shape index (κ3) is 4.93. The average molecular weight is 287 g/mol. The number of nitrogens with two attached hydrogens (primary N) is 2. The Morgan fingerprint density at radius 2 is 2.00 bits per heavy atom. The van der Waals surface area contributed by atoms with Crippen molar-refractivity contribution in [1.29, 1.82) is 0 Å². The molecule has 5 heteroatoms. The van der Waals surface area contributed by atoms with Gasteiger partial charge >= 0.3 is 0 Å². The van der Waals surface area contributed by atoms with Crippen LogP contribution in [0.2, 0.25) is 0 Å². The first-order chi connectivity index (χ1) is 9.76. The maximum Gasteiger partial charge on any atom is 0.252 e. The van der Waals surface area contributed by atoms with E-state index in [1.165, 1.54) is 0 Å². The van der Waals surface area contributed by atoms with E-state index in [2.05, 4.69) is 17.2 Å². The molecule has 21 heavy (non-hydrogen) atoms. The molecule has 0 bridgehead atoms. The van der Waals surface area contributed by atoms with Gasteiger partial charge in [-0.25, -0.2) is 0 Å². The molecule has 112 valence electrons. The van der Waals surface area contributed by atoms with Gasteiger partial charge in [-0.05, 0) is 38.5 Å². The fourth-order valence-corrected chi connectivity index (χ4v) is 2.02. The van der Waals surface area contributed by atoms with E-state index in [0.29, 0.717) is 5.56 Å². The molecule has 0 unspecified atom stereocenters. The summed E-state index contributed by atoms with van der Waals surface area (Å²) in [5, 5.41) is 2.82. The Morgan fingerprint density at radius 1 is 1.33 bits per heavy atom. The molecule has 0 aliphatic rings. The van der Waals surface area contributed by atoms with Crippen molar-refractivity contribution in [3.05, 3.63) is 34.9 Å². The summed E-state index contributed by atoms with van der Waals surface area (Å²) in [5.74, 6) is 4.99. The predicted molar refractivity (Wildman–Crippen MR) is 82.5 cm³/mol. The van der Waals surface area contributed by atoms with Gasteiger partial charge in [-0.1, -0.05) is 17.9 Å². The Morgan fingerprint density at radius 3 is 2.57 bits per heavy atom. The van der Waals surface area contributed by atoms with Gasteiger partial charge in [-0.2, -0.15) is 0 Å². The molecule has 0 radical (unpaired) electrons. The van der Waals surface area contributed by atoms with Gasteiger partial charge in [0, 0.05) is 23.1 Å². The molecule has 5 nitrogen and oxygen atoms in total. The van der Waals surface area contributed by atoms with Crippen LogP contribution in [0.1, 0.15) is 41.8 Å². The Balaban J connectivity index is 3.01. The summed E-state index contributed by atoms with van der Waals surface area (Å²) in [5.41, 5.74) is 11.9. The molecule has 0 spiro atoms. The molecule has 1 aromatic carbocycles. The van der Waals surface area contributed by atoms with Crippen LogP contribution in [-0.2, 0) is 4.79 Å². The van der Waals surface area contributed by atoms with Crippen molar-refractivity contribution in [2.45, 2.75) is 32.7 Å². The third-order valence-electron chi connectivity index (χ3n) is 2.97. The Kier molecular flexibility index (Phi) is 5.51. The summed E-state index contributed by atoms with van der Waals surface area (Å²) in [4.78, 5) is 23.4. The molecule has 2 amide bonds. The van der Waals surface area contributed by atoms with E-state index in [9.17, 15) is 9.59 Å². The van der Waals surface area contributed by atoms with E-state index < -0.39 is 11.4 Å². The van der Waals surface area contributed by atoms with Crippen LogP contribution in [0.5, 0.6) is 0 Å². The van der Waals surface area contributed by atoms with E-state index >= 15 is 0 Å². The molecule has 0 atom stereocenters. The zero-order valence-corrected chi connectivity index (χ0v) is 12.6. The molecule has 0 fully saturated rings. The molecule has 0 saturated heterocycles. The number of amides is 2. The fourth-order valence-electron chi connectivity index (χ4n) is 2.02. The molecular formula is C16H21N3O2. The number of carbonyl (C=O) groups is 2. The Bertz CT molecular complexity index is 610. The van der Waals surface area contributed by atoms with Crippen LogP contribution in [0, 0.1) is 18.8 Å². The van der Waals surface area contributed by atoms with Crippen LogP contribution in [0.4, 0.5) is 0 Å². The normalized spacial score (nSPS) is 10.5. The Labute approximate surface area is 125 Å². The van der Waals surface area contributed by atoms with E-state index in [1.807, 2.05) is 13.0 Å². The topological polar surface area (TPSA) is 98.2 Å². The molecule has 1 rings (SSSR count). The van der Waals surface area contributed by atoms with Gasteiger partial charge in [-0.15, -0.1) is 0 Å². The van der Waals surface area contributed by atoms with Crippen molar-refractivity contribution in [3.8, 4) is 11.8 Å². The van der Waals surface area contributed by atoms with Crippen LogP contribution in [0.15, 0.2) is 18.2 Å². The van der Waals surface area contributed by atoms with Crippen molar-refractivity contribution < 1.29 is 9.59 Å². The van der Waals surface area contributed by atoms with Gasteiger partial charge in [0.1, 0.15) is 0 Å². The van der Waals surface area contributed by atoms with Crippen molar-refractivity contribution in [2.75, 3.05) is 6.54 Å². The van der Waals surface area contributed by atoms with E-state index in [-0.39, 0.29) is 18.9 Å². The van der Waals surface area contributed by atoms with Crippen molar-refractivity contribution in [1.82, 2.24) is 5.32 Å². The molecular weight excluding hydrogens is 266 g/mol. The summed E-state index contributed by atoms with van der Waals surface area (Å²) in [6.45, 7) is 5.60. The summed E-state index contributed by atoms with van der Waals surface area (Å²) < 4.78 is 0. The second-order valence-electron chi connectivity index (χ2n) is 5.47. The molecule has 0 saturated carbocycles. The zero-order valence-electron chi connectivity index (χ0n) is 12.6. The monoisotopic (exact) mass is 287 g/mol. The van der Waals surface area contributed by atoms with Crippen molar-refractivity contribution in [3.63, 3.8) is 0 Å². The Hall–Kier alpha value is -2.32. The molecule has 5 N–H and O–H groups in total. The van der Waals surface area contributed by atoms with Gasteiger partial charge in [0.05, 0.1) is 6.54 Å². The molecule has 0 aliphatic heterocycles. The highest BCUT2D eigenvalue weighted by Crippen LogP contribution is 2.15. The highest BCUT2D eigenvalue weighted by Gasteiger charge is 2.24.